The molecule has 0 heterocycles. The highest BCUT2D eigenvalue weighted by Crippen LogP contribution is 2.15. The van der Waals surface area contributed by atoms with Gasteiger partial charge in [0.15, 0.2) is 0 Å². The Labute approximate surface area is 157 Å². The highest BCUT2D eigenvalue weighted by Gasteiger charge is 2.15. The molecule has 0 aromatic rings. The third-order valence-electron chi connectivity index (χ3n) is 4.21. The molecule has 0 saturated carbocycles. The van der Waals surface area contributed by atoms with Gasteiger partial charge in [-0.2, -0.15) is 0 Å². The Bertz CT molecular complexity index is 522. The van der Waals surface area contributed by atoms with Crippen molar-refractivity contribution in [1.82, 2.24) is 0 Å². The van der Waals surface area contributed by atoms with Crippen molar-refractivity contribution < 1.29 is 23.9 Å². The Morgan fingerprint density at radius 3 is 1.80 bits per heavy atom. The largest absolute Gasteiger partial charge is 0.478 e. The smallest absolute Gasteiger partial charge is 0.332 e. The Morgan fingerprint density at radius 1 is 0.800 bits per heavy atom. The van der Waals surface area contributed by atoms with E-state index in [0.717, 1.165) is 32.1 Å². The summed E-state index contributed by atoms with van der Waals surface area (Å²) >= 11 is 0. The zero-order chi connectivity index (χ0) is 21.4. The molecule has 0 fully saturated rings. The van der Waals surface area contributed by atoms with Gasteiger partial charge in [0.25, 0.3) is 0 Å². The van der Waals surface area contributed by atoms with Gasteiger partial charge in [0, 0.05) is 15.3 Å². The summed E-state index contributed by atoms with van der Waals surface area (Å²) in [6, 6.07) is 0. The molecular weight excluding hydrogens is 316 g/mol. The van der Waals surface area contributed by atoms with Crippen molar-refractivity contribution in [3.63, 3.8) is 0 Å². The number of unbranched alkanes of at least 4 members (excludes halogenated alkanes) is 10. The summed E-state index contributed by atoms with van der Waals surface area (Å²) in [6.07, 6.45) is 17.4. The number of aliphatic carboxylic acids is 2. The molecule has 0 aliphatic heterocycles. The van der Waals surface area contributed by atoms with E-state index in [2.05, 4.69) is 19.1 Å². The van der Waals surface area contributed by atoms with Gasteiger partial charge in [0.1, 0.15) is 0 Å². The zero-order valence-electron chi connectivity index (χ0n) is 18.6. The van der Waals surface area contributed by atoms with Crippen LogP contribution < -0.4 is 0 Å². The van der Waals surface area contributed by atoms with Gasteiger partial charge in [-0.05, 0) is 45.4 Å². The highest BCUT2D eigenvalue weighted by molar-refractivity contribution is 5.98. The molecule has 0 radical (unpaired) electrons. The van der Waals surface area contributed by atoms with Crippen molar-refractivity contribution in [3.8, 4) is 0 Å². The fourth-order valence-corrected chi connectivity index (χ4v) is 2.66. The van der Waals surface area contributed by atoms with Crippen LogP contribution in [0.4, 0.5) is 0 Å². The zero-order valence-corrected chi connectivity index (χ0v) is 15.6. The van der Waals surface area contributed by atoms with Gasteiger partial charge in [-0.15, -0.1) is 0 Å². The van der Waals surface area contributed by atoms with Crippen LogP contribution in [0.2, 0.25) is 0 Å². The molecule has 0 aromatic carbocycles. The quantitative estimate of drug-likeness (QED) is 0.199. The minimum Gasteiger partial charge on any atom is -0.478 e. The van der Waals surface area contributed by atoms with Crippen molar-refractivity contribution in [3.05, 3.63) is 23.3 Å². The van der Waals surface area contributed by atoms with Gasteiger partial charge in [-0.3, -0.25) is 0 Å². The summed E-state index contributed by atoms with van der Waals surface area (Å²) in [5.74, 6) is -3.15. The third kappa shape index (κ3) is 13.4. The molecule has 0 atom stereocenters. The van der Waals surface area contributed by atoms with Crippen molar-refractivity contribution in [2.75, 3.05) is 0 Å². The third-order valence-corrected chi connectivity index (χ3v) is 4.21. The molecule has 25 heavy (non-hydrogen) atoms. The number of carbonyl (C=O) groups is 2. The van der Waals surface area contributed by atoms with E-state index >= 15 is 0 Å². The van der Waals surface area contributed by atoms with E-state index in [1.54, 1.807) is 0 Å². The number of hydrogen-bond donors (Lipinski definition) is 2. The Morgan fingerprint density at radius 2 is 1.32 bits per heavy atom. The van der Waals surface area contributed by atoms with E-state index in [1.165, 1.54) is 38.5 Å². The average Bonchev–Trinajstić information content (AvgIpc) is 2.59. The predicted molar refractivity (Wildman–Crippen MR) is 103 cm³/mol. The molecule has 4 nitrogen and oxygen atoms in total. The van der Waals surface area contributed by atoms with E-state index in [1.807, 2.05) is 0 Å². The van der Waals surface area contributed by atoms with Crippen LogP contribution in [0, 0.1) is 0 Å². The summed E-state index contributed by atoms with van der Waals surface area (Å²) in [4.78, 5) is 22.4. The Hall–Kier alpha value is -1.58. The first kappa shape index (κ1) is 18.2. The van der Waals surface area contributed by atoms with E-state index in [9.17, 15) is 14.7 Å². The molecule has 0 unspecified atom stereocenters. The van der Waals surface area contributed by atoms with E-state index in [4.69, 9.17) is 9.22 Å². The lowest BCUT2D eigenvalue weighted by Crippen LogP contribution is -2.09. The van der Waals surface area contributed by atoms with Crippen molar-refractivity contribution >= 4 is 11.9 Å². The van der Waals surface area contributed by atoms with Gasteiger partial charge < -0.3 is 10.2 Å². The molecule has 0 amide bonds. The molecule has 4 heteroatoms. The lowest BCUT2D eigenvalue weighted by atomic mass is 10.0. The van der Waals surface area contributed by atoms with Crippen molar-refractivity contribution in [1.29, 1.82) is 0 Å². The number of allylic oxidation sites excluding steroid dienone is 2. The monoisotopic (exact) mass is 355 g/mol. The minimum absolute atomic E-state index is 0.0385. The number of carboxylic acids is 2. The number of hydrogen-bond acceptors (Lipinski definition) is 2. The number of carboxylic acid groups (broad SMARTS) is 2. The summed E-state index contributed by atoms with van der Waals surface area (Å²) in [5, 5.41) is 18.2. The van der Waals surface area contributed by atoms with Crippen molar-refractivity contribution in [2.45, 2.75) is 97.2 Å². The van der Waals surface area contributed by atoms with Gasteiger partial charge >= 0.3 is 11.9 Å². The van der Waals surface area contributed by atoms with Crippen LogP contribution in [-0.4, -0.2) is 22.2 Å². The number of rotatable bonds is 16. The second kappa shape index (κ2) is 15.9. The Balaban J connectivity index is 4.04. The average molecular weight is 356 g/mol. The van der Waals surface area contributed by atoms with E-state index < -0.39 is 29.9 Å². The molecule has 0 bridgehead atoms. The fourth-order valence-electron chi connectivity index (χ4n) is 2.66. The first-order chi connectivity index (χ1) is 13.2. The highest BCUT2D eigenvalue weighted by atomic mass is 16.4. The lowest BCUT2D eigenvalue weighted by molar-refractivity contribution is -0.136. The molecule has 0 aromatic heterocycles. The normalized spacial score (nSPS) is 14.7. The maximum atomic E-state index is 11.3. The summed E-state index contributed by atoms with van der Waals surface area (Å²) in [5.41, 5.74) is -1.48. The molecular formula is C21H36O4. The van der Waals surface area contributed by atoms with Gasteiger partial charge in [0.05, 0.1) is 0 Å². The SMILES string of the molecule is [2H]C([2H])([2H])/C(C(=O)O)=C(\CCCCCC/C=C\CCCCCCCC)C(=O)O. The van der Waals surface area contributed by atoms with Crippen LogP contribution in [0.15, 0.2) is 23.3 Å². The molecule has 0 rings (SSSR count). The lowest BCUT2D eigenvalue weighted by Gasteiger charge is -2.05. The Kier molecular flexibility index (Phi) is 11.6. The summed E-state index contributed by atoms with van der Waals surface area (Å²) < 4.78 is 21.7. The maximum absolute atomic E-state index is 11.3. The molecule has 0 saturated heterocycles. The van der Waals surface area contributed by atoms with Crippen LogP contribution in [0.25, 0.3) is 0 Å². The molecule has 0 aliphatic carbocycles. The molecule has 0 aliphatic rings. The second-order valence-electron chi connectivity index (χ2n) is 6.44. The maximum Gasteiger partial charge on any atom is 0.332 e. The predicted octanol–water partition coefficient (Wildman–Crippen LogP) is 6.12. The van der Waals surface area contributed by atoms with Gasteiger partial charge in [0.2, 0.25) is 0 Å². The van der Waals surface area contributed by atoms with Crippen LogP contribution in [-0.2, 0) is 9.59 Å². The van der Waals surface area contributed by atoms with Crippen LogP contribution >= 0.6 is 0 Å². The van der Waals surface area contributed by atoms with Crippen LogP contribution in [0.5, 0.6) is 0 Å². The van der Waals surface area contributed by atoms with Gasteiger partial charge in [-0.25, -0.2) is 9.59 Å². The standard InChI is InChI=1S/C21H36O4/c1-3-4-5-6-7-8-9-10-11-12-13-14-15-16-17-19(21(24)25)18(2)20(22)23/h10-11H,3-9,12-17H2,1-2H3,(H,22,23)(H,24,25)/b11-10-,19-18-/i2D3. The molecule has 0 spiro atoms. The first-order valence-corrected chi connectivity index (χ1v) is 9.57. The second-order valence-corrected chi connectivity index (χ2v) is 6.44. The van der Waals surface area contributed by atoms with Gasteiger partial charge in [-0.1, -0.05) is 64.0 Å². The minimum atomic E-state index is -2.93. The fraction of sp³-hybridized carbons (Fsp3) is 0.714. The summed E-state index contributed by atoms with van der Waals surface area (Å²) in [7, 11) is 0. The van der Waals surface area contributed by atoms with E-state index in [-0.39, 0.29) is 6.42 Å². The van der Waals surface area contributed by atoms with Crippen LogP contribution in [0.1, 0.15) is 101 Å². The first-order valence-electron chi connectivity index (χ1n) is 11.1. The van der Waals surface area contributed by atoms with Crippen molar-refractivity contribution in [2.24, 2.45) is 0 Å². The molecule has 144 valence electrons. The summed E-state index contributed by atoms with van der Waals surface area (Å²) in [6.45, 7) is -0.713. The van der Waals surface area contributed by atoms with Crippen LogP contribution in [0.3, 0.4) is 0 Å². The topological polar surface area (TPSA) is 74.6 Å². The molecule has 2 N–H and O–H groups in total. The van der Waals surface area contributed by atoms with E-state index in [0.29, 0.717) is 6.42 Å².